The van der Waals surface area contributed by atoms with Crippen LogP contribution in [0.2, 0.25) is 0 Å². The van der Waals surface area contributed by atoms with Crippen LogP contribution in [0.4, 0.5) is 4.79 Å². The molecule has 0 aliphatic rings. The summed E-state index contributed by atoms with van der Waals surface area (Å²) in [4.78, 5) is 38.0. The molecule has 1 aromatic carbocycles. The van der Waals surface area contributed by atoms with Crippen LogP contribution in [0.1, 0.15) is 40.2 Å². The first-order valence-electron chi connectivity index (χ1n) is 8.47. The number of methoxy groups -OCH3 is 1. The van der Waals surface area contributed by atoms with Crippen molar-refractivity contribution in [1.82, 2.24) is 10.2 Å². The Morgan fingerprint density at radius 3 is 2.19 bits per heavy atom. The standard InChI is InChI=1S/C19H28N2O5/c1-13(17(23)25-6)20-16(22)14(2)21(18(24)26-19(3,4)5)12-15-10-8-7-9-11-15/h7-11,13-14H,12H2,1-6H3,(H,20,22)/t13-,14+/m1/s1. The first-order chi connectivity index (χ1) is 12.0. The van der Waals surface area contributed by atoms with Gasteiger partial charge in [-0.05, 0) is 40.2 Å². The van der Waals surface area contributed by atoms with Crippen molar-refractivity contribution in [1.29, 1.82) is 0 Å². The topological polar surface area (TPSA) is 84.9 Å². The van der Waals surface area contributed by atoms with E-state index in [9.17, 15) is 14.4 Å². The molecule has 26 heavy (non-hydrogen) atoms. The van der Waals surface area contributed by atoms with E-state index in [0.29, 0.717) is 0 Å². The van der Waals surface area contributed by atoms with Gasteiger partial charge in [0.15, 0.2) is 0 Å². The Morgan fingerprint density at radius 1 is 1.12 bits per heavy atom. The molecular formula is C19H28N2O5. The molecule has 0 fully saturated rings. The number of nitrogens with zero attached hydrogens (tertiary/aromatic N) is 1. The predicted octanol–water partition coefficient (Wildman–Crippen LogP) is 2.49. The molecule has 0 aliphatic heterocycles. The summed E-state index contributed by atoms with van der Waals surface area (Å²) in [5, 5.41) is 2.55. The van der Waals surface area contributed by atoms with Gasteiger partial charge in [-0.25, -0.2) is 9.59 Å². The molecule has 0 bridgehead atoms. The van der Waals surface area contributed by atoms with Crippen LogP contribution in [0.15, 0.2) is 30.3 Å². The minimum atomic E-state index is -0.836. The Bertz CT molecular complexity index is 625. The normalized spacial score (nSPS) is 13.3. The lowest BCUT2D eigenvalue weighted by atomic mass is 10.1. The minimum Gasteiger partial charge on any atom is -0.467 e. The van der Waals surface area contributed by atoms with E-state index in [1.165, 1.54) is 18.9 Å². The van der Waals surface area contributed by atoms with E-state index in [-0.39, 0.29) is 6.54 Å². The van der Waals surface area contributed by atoms with Crippen LogP contribution in [0.25, 0.3) is 0 Å². The Morgan fingerprint density at radius 2 is 1.69 bits per heavy atom. The second-order valence-electron chi connectivity index (χ2n) is 7.02. The number of amides is 2. The maximum Gasteiger partial charge on any atom is 0.411 e. The van der Waals surface area contributed by atoms with Crippen molar-refractivity contribution in [2.45, 2.75) is 58.8 Å². The van der Waals surface area contributed by atoms with Gasteiger partial charge in [-0.3, -0.25) is 9.69 Å². The van der Waals surface area contributed by atoms with Crippen LogP contribution in [-0.4, -0.2) is 47.7 Å². The van der Waals surface area contributed by atoms with E-state index < -0.39 is 35.7 Å². The number of hydrogen-bond acceptors (Lipinski definition) is 5. The van der Waals surface area contributed by atoms with Gasteiger partial charge in [0.05, 0.1) is 7.11 Å². The lowest BCUT2D eigenvalue weighted by Gasteiger charge is -2.31. The molecule has 0 saturated carbocycles. The molecule has 0 heterocycles. The van der Waals surface area contributed by atoms with Gasteiger partial charge in [-0.1, -0.05) is 30.3 Å². The van der Waals surface area contributed by atoms with Crippen LogP contribution in [0.3, 0.4) is 0 Å². The van der Waals surface area contributed by atoms with Gasteiger partial charge in [0.1, 0.15) is 17.7 Å². The minimum absolute atomic E-state index is 0.205. The van der Waals surface area contributed by atoms with Gasteiger partial charge in [0.2, 0.25) is 5.91 Å². The fourth-order valence-corrected chi connectivity index (χ4v) is 2.17. The summed E-state index contributed by atoms with van der Waals surface area (Å²) in [6.07, 6.45) is -0.602. The van der Waals surface area contributed by atoms with Crippen LogP contribution in [-0.2, 0) is 25.6 Å². The van der Waals surface area contributed by atoms with Gasteiger partial charge >= 0.3 is 12.1 Å². The molecule has 0 aromatic heterocycles. The number of nitrogens with one attached hydrogen (secondary N) is 1. The third-order valence-corrected chi connectivity index (χ3v) is 3.58. The fourth-order valence-electron chi connectivity index (χ4n) is 2.17. The Balaban J connectivity index is 2.96. The number of benzene rings is 1. The highest BCUT2D eigenvalue weighted by Crippen LogP contribution is 2.15. The highest BCUT2D eigenvalue weighted by molar-refractivity contribution is 5.89. The number of rotatable bonds is 6. The molecule has 1 aromatic rings. The largest absolute Gasteiger partial charge is 0.467 e. The zero-order valence-corrected chi connectivity index (χ0v) is 16.2. The summed E-state index contributed by atoms with van der Waals surface area (Å²) in [5.41, 5.74) is 0.167. The summed E-state index contributed by atoms with van der Waals surface area (Å²) >= 11 is 0. The summed E-state index contributed by atoms with van der Waals surface area (Å²) in [6.45, 7) is 8.59. The second kappa shape index (κ2) is 9.22. The second-order valence-corrected chi connectivity index (χ2v) is 7.02. The van der Waals surface area contributed by atoms with E-state index in [2.05, 4.69) is 10.1 Å². The average Bonchev–Trinajstić information content (AvgIpc) is 2.57. The fraction of sp³-hybridized carbons (Fsp3) is 0.526. The molecule has 1 rings (SSSR count). The number of carbonyl (C=O) groups is 3. The Kier molecular flexibility index (Phi) is 7.61. The molecule has 0 spiro atoms. The molecule has 0 saturated heterocycles. The van der Waals surface area contributed by atoms with Crippen molar-refractivity contribution < 1.29 is 23.9 Å². The molecule has 144 valence electrons. The molecule has 1 N–H and O–H groups in total. The third kappa shape index (κ3) is 6.74. The molecule has 0 radical (unpaired) electrons. The van der Waals surface area contributed by atoms with Gasteiger partial charge in [0.25, 0.3) is 0 Å². The lowest BCUT2D eigenvalue weighted by molar-refractivity contribution is -0.145. The zero-order chi connectivity index (χ0) is 19.9. The van der Waals surface area contributed by atoms with E-state index >= 15 is 0 Å². The lowest BCUT2D eigenvalue weighted by Crippen LogP contribution is -2.52. The molecular weight excluding hydrogens is 336 g/mol. The maximum absolute atomic E-state index is 12.6. The van der Waals surface area contributed by atoms with Crippen LogP contribution < -0.4 is 5.32 Å². The Hall–Kier alpha value is -2.57. The molecule has 0 aliphatic carbocycles. The van der Waals surface area contributed by atoms with Crippen molar-refractivity contribution in [3.8, 4) is 0 Å². The molecule has 7 nitrogen and oxygen atoms in total. The zero-order valence-electron chi connectivity index (χ0n) is 16.2. The number of ether oxygens (including phenoxy) is 2. The van der Waals surface area contributed by atoms with Crippen LogP contribution >= 0.6 is 0 Å². The van der Waals surface area contributed by atoms with Crippen molar-refractivity contribution in [3.05, 3.63) is 35.9 Å². The smallest absolute Gasteiger partial charge is 0.411 e. The third-order valence-electron chi connectivity index (χ3n) is 3.58. The van der Waals surface area contributed by atoms with E-state index in [0.717, 1.165) is 5.56 Å². The molecule has 0 unspecified atom stereocenters. The maximum atomic E-state index is 12.6. The quantitative estimate of drug-likeness (QED) is 0.784. The van der Waals surface area contributed by atoms with Crippen LogP contribution in [0.5, 0.6) is 0 Å². The molecule has 7 heteroatoms. The molecule has 2 atom stereocenters. The first kappa shape index (κ1) is 21.5. The monoisotopic (exact) mass is 364 g/mol. The summed E-state index contributed by atoms with van der Waals surface area (Å²) in [5.74, 6) is -1.03. The summed E-state index contributed by atoms with van der Waals surface area (Å²) < 4.78 is 10.0. The highest BCUT2D eigenvalue weighted by Gasteiger charge is 2.31. The average molecular weight is 364 g/mol. The van der Waals surface area contributed by atoms with Gasteiger partial charge in [0, 0.05) is 6.54 Å². The van der Waals surface area contributed by atoms with Crippen LogP contribution in [0, 0.1) is 0 Å². The first-order valence-corrected chi connectivity index (χ1v) is 8.47. The van der Waals surface area contributed by atoms with Crippen molar-refractivity contribution in [2.24, 2.45) is 0 Å². The summed E-state index contributed by atoms with van der Waals surface area (Å²) in [7, 11) is 1.25. The predicted molar refractivity (Wildman–Crippen MR) is 97.3 cm³/mol. The van der Waals surface area contributed by atoms with E-state index in [4.69, 9.17) is 4.74 Å². The number of hydrogen-bond donors (Lipinski definition) is 1. The summed E-state index contributed by atoms with van der Waals surface area (Å²) in [6, 6.07) is 7.65. The SMILES string of the molecule is COC(=O)[C@@H](C)NC(=O)[C@H](C)N(Cc1ccccc1)C(=O)OC(C)(C)C. The Labute approximate surface area is 154 Å². The van der Waals surface area contributed by atoms with Crippen molar-refractivity contribution >= 4 is 18.0 Å². The van der Waals surface area contributed by atoms with Gasteiger partial charge in [-0.2, -0.15) is 0 Å². The van der Waals surface area contributed by atoms with Gasteiger partial charge in [-0.15, -0.1) is 0 Å². The van der Waals surface area contributed by atoms with Gasteiger partial charge < -0.3 is 14.8 Å². The number of carbonyl (C=O) groups excluding carboxylic acids is 3. The van der Waals surface area contributed by atoms with Crippen molar-refractivity contribution in [3.63, 3.8) is 0 Å². The highest BCUT2D eigenvalue weighted by atomic mass is 16.6. The van der Waals surface area contributed by atoms with E-state index in [1.54, 1.807) is 27.7 Å². The molecule has 2 amide bonds. The van der Waals surface area contributed by atoms with Crippen molar-refractivity contribution in [2.75, 3.05) is 7.11 Å². The number of esters is 1. The van der Waals surface area contributed by atoms with E-state index in [1.807, 2.05) is 30.3 Å².